The monoisotopic (exact) mass is 431 g/mol. The molecule has 2 aromatic carbocycles. The average Bonchev–Trinajstić information content (AvgIpc) is 3.14. The van der Waals surface area contributed by atoms with Crippen molar-refractivity contribution in [3.8, 4) is 5.75 Å². The van der Waals surface area contributed by atoms with Gasteiger partial charge >= 0.3 is 5.97 Å². The zero-order valence-electron chi connectivity index (χ0n) is 17.2. The van der Waals surface area contributed by atoms with Crippen LogP contribution in [0.15, 0.2) is 59.6 Å². The molecule has 3 aromatic rings. The average molecular weight is 432 g/mol. The van der Waals surface area contributed by atoms with Gasteiger partial charge in [0, 0.05) is 17.1 Å². The normalized spacial score (nSPS) is 12.6. The van der Waals surface area contributed by atoms with Crippen molar-refractivity contribution in [2.75, 3.05) is 19.8 Å². The van der Waals surface area contributed by atoms with Crippen molar-refractivity contribution < 1.29 is 26.9 Å². The van der Waals surface area contributed by atoms with Gasteiger partial charge in [0.2, 0.25) is 0 Å². The van der Waals surface area contributed by atoms with Gasteiger partial charge in [-0.15, -0.1) is 0 Å². The number of carbonyl (C=O) groups is 1. The van der Waals surface area contributed by atoms with Crippen LogP contribution >= 0.6 is 0 Å². The molecule has 0 saturated carbocycles. The summed E-state index contributed by atoms with van der Waals surface area (Å²) in [6, 6.07) is 13.4. The highest BCUT2D eigenvalue weighted by atomic mass is 32.2. The van der Waals surface area contributed by atoms with E-state index in [-0.39, 0.29) is 24.1 Å². The molecule has 0 radical (unpaired) electrons. The number of fused-ring (bicyclic) bond motifs is 1. The molecule has 8 heteroatoms. The van der Waals surface area contributed by atoms with Crippen molar-refractivity contribution in [3.05, 3.63) is 60.3 Å². The Labute approximate surface area is 176 Å². The number of hydrogen-bond acceptors (Lipinski definition) is 6. The highest BCUT2D eigenvalue weighted by Crippen LogP contribution is 2.25. The molecule has 0 bridgehead atoms. The Kier molecular flexibility index (Phi) is 6.79. The van der Waals surface area contributed by atoms with Gasteiger partial charge < -0.3 is 14.0 Å². The second kappa shape index (κ2) is 9.32. The quantitative estimate of drug-likeness (QED) is 0.291. The predicted octanol–water partition coefficient (Wildman–Crippen LogP) is 3.86. The molecule has 0 N–H and O–H groups in total. The van der Waals surface area contributed by atoms with Gasteiger partial charge in [-0.1, -0.05) is 17.7 Å². The molecule has 0 fully saturated rings. The van der Waals surface area contributed by atoms with E-state index in [4.69, 9.17) is 13.7 Å². The minimum atomic E-state index is -3.81. The Morgan fingerprint density at radius 3 is 2.50 bits per heavy atom. The summed E-state index contributed by atoms with van der Waals surface area (Å²) < 4.78 is 42.0. The van der Waals surface area contributed by atoms with Gasteiger partial charge in [0.15, 0.2) is 0 Å². The number of hydrogen-bond donors (Lipinski definition) is 0. The third-order valence-electron chi connectivity index (χ3n) is 4.64. The van der Waals surface area contributed by atoms with Gasteiger partial charge in [-0.2, -0.15) is 8.42 Å². The van der Waals surface area contributed by atoms with Crippen LogP contribution in [-0.2, 0) is 23.8 Å². The first-order valence-electron chi connectivity index (χ1n) is 9.68. The summed E-state index contributed by atoms with van der Waals surface area (Å²) >= 11 is 0. The molecule has 160 valence electrons. The molecule has 0 amide bonds. The third kappa shape index (κ3) is 5.01. The maximum Gasteiger partial charge on any atom is 0.328 e. The second-order valence-corrected chi connectivity index (χ2v) is 8.42. The molecule has 1 heterocycles. The first-order valence-corrected chi connectivity index (χ1v) is 11.1. The van der Waals surface area contributed by atoms with Gasteiger partial charge in [0.1, 0.15) is 25.0 Å². The maximum absolute atomic E-state index is 12.2. The topological polar surface area (TPSA) is 83.8 Å². The third-order valence-corrected chi connectivity index (χ3v) is 5.96. The lowest BCUT2D eigenvalue weighted by Crippen LogP contribution is -2.18. The van der Waals surface area contributed by atoms with Crippen molar-refractivity contribution in [1.82, 2.24) is 4.57 Å². The lowest BCUT2D eigenvalue weighted by Gasteiger charge is -2.14. The molecule has 0 aliphatic carbocycles. The molecular formula is C22H25NO6S. The van der Waals surface area contributed by atoms with Crippen LogP contribution in [0.1, 0.15) is 25.5 Å². The van der Waals surface area contributed by atoms with Crippen molar-refractivity contribution in [3.63, 3.8) is 0 Å². The summed E-state index contributed by atoms with van der Waals surface area (Å²) in [6.45, 7) is 5.76. The molecule has 1 unspecified atom stereocenters. The SMILES string of the molecule is CCOC(=O)C(C)n1ccc2cc(OCCOS(=O)(=O)c3ccc(C)cc3)ccc21. The number of esters is 1. The minimum Gasteiger partial charge on any atom is -0.491 e. The van der Waals surface area contributed by atoms with Crippen LogP contribution in [0.3, 0.4) is 0 Å². The molecule has 30 heavy (non-hydrogen) atoms. The summed E-state index contributed by atoms with van der Waals surface area (Å²) in [5.41, 5.74) is 1.85. The molecule has 1 atom stereocenters. The Bertz CT molecular complexity index is 1120. The number of aryl methyl sites for hydroxylation is 1. The highest BCUT2D eigenvalue weighted by Gasteiger charge is 2.18. The minimum absolute atomic E-state index is 0.0799. The van der Waals surface area contributed by atoms with Gasteiger partial charge in [0.25, 0.3) is 10.1 Å². The van der Waals surface area contributed by atoms with Crippen LogP contribution in [0.4, 0.5) is 0 Å². The van der Waals surface area contributed by atoms with E-state index >= 15 is 0 Å². The summed E-state index contributed by atoms with van der Waals surface area (Å²) in [4.78, 5) is 12.1. The molecule has 1 aromatic heterocycles. The molecule has 0 aliphatic heterocycles. The second-order valence-electron chi connectivity index (χ2n) is 6.81. The van der Waals surface area contributed by atoms with E-state index in [0.717, 1.165) is 16.5 Å². The Morgan fingerprint density at radius 2 is 1.80 bits per heavy atom. The lowest BCUT2D eigenvalue weighted by atomic mass is 10.2. The van der Waals surface area contributed by atoms with E-state index in [2.05, 4.69) is 0 Å². The molecule has 3 rings (SSSR count). The van der Waals surface area contributed by atoms with Crippen LogP contribution in [0.5, 0.6) is 5.75 Å². The number of rotatable bonds is 9. The van der Waals surface area contributed by atoms with Crippen LogP contribution in [-0.4, -0.2) is 38.8 Å². The fourth-order valence-corrected chi connectivity index (χ4v) is 3.92. The van der Waals surface area contributed by atoms with Crippen LogP contribution in [0.2, 0.25) is 0 Å². The largest absolute Gasteiger partial charge is 0.491 e. The molecular weight excluding hydrogens is 406 g/mol. The van der Waals surface area contributed by atoms with Crippen molar-refractivity contribution in [1.29, 1.82) is 0 Å². The summed E-state index contributed by atoms with van der Waals surface area (Å²) in [5, 5.41) is 0.900. The maximum atomic E-state index is 12.2. The van der Waals surface area contributed by atoms with Crippen LogP contribution in [0.25, 0.3) is 10.9 Å². The van der Waals surface area contributed by atoms with Crippen molar-refractivity contribution in [2.24, 2.45) is 0 Å². The van der Waals surface area contributed by atoms with Crippen LogP contribution in [0, 0.1) is 6.92 Å². The predicted molar refractivity (Wildman–Crippen MR) is 113 cm³/mol. The van der Waals surface area contributed by atoms with Gasteiger partial charge in [-0.25, -0.2) is 4.79 Å². The smallest absolute Gasteiger partial charge is 0.328 e. The highest BCUT2D eigenvalue weighted by molar-refractivity contribution is 7.86. The number of nitrogens with zero attached hydrogens (tertiary/aromatic N) is 1. The van der Waals surface area contributed by atoms with E-state index in [9.17, 15) is 13.2 Å². The number of aromatic nitrogens is 1. The van der Waals surface area contributed by atoms with E-state index < -0.39 is 16.2 Å². The van der Waals surface area contributed by atoms with E-state index in [1.54, 1.807) is 32.0 Å². The van der Waals surface area contributed by atoms with E-state index in [1.807, 2.05) is 35.9 Å². The summed E-state index contributed by atoms with van der Waals surface area (Å²) in [6.07, 6.45) is 1.83. The molecule has 0 saturated heterocycles. The number of carbonyl (C=O) groups excluding carboxylic acids is 1. The zero-order chi connectivity index (χ0) is 21.7. The number of ether oxygens (including phenoxy) is 2. The van der Waals surface area contributed by atoms with Crippen molar-refractivity contribution in [2.45, 2.75) is 31.7 Å². The van der Waals surface area contributed by atoms with Crippen molar-refractivity contribution >= 4 is 27.0 Å². The fourth-order valence-electron chi connectivity index (χ4n) is 3.02. The first kappa shape index (κ1) is 21.9. The van der Waals surface area contributed by atoms with Gasteiger partial charge in [0.05, 0.1) is 11.5 Å². The standard InChI is InChI=1S/C22H25NO6S/c1-4-27-22(24)17(3)23-12-11-18-15-19(7-10-21(18)23)28-13-14-29-30(25,26)20-8-5-16(2)6-9-20/h5-12,15,17H,4,13-14H2,1-3H3. The summed E-state index contributed by atoms with van der Waals surface area (Å²) in [5.74, 6) is 0.294. The molecule has 7 nitrogen and oxygen atoms in total. The first-order chi connectivity index (χ1) is 14.3. The van der Waals surface area contributed by atoms with Gasteiger partial charge in [-0.05, 0) is 57.2 Å². The zero-order valence-corrected chi connectivity index (χ0v) is 18.0. The number of benzene rings is 2. The van der Waals surface area contributed by atoms with Crippen LogP contribution < -0.4 is 4.74 Å². The van der Waals surface area contributed by atoms with Gasteiger partial charge in [-0.3, -0.25) is 4.18 Å². The Balaban J connectivity index is 1.59. The molecule has 0 spiro atoms. The fraction of sp³-hybridized carbons (Fsp3) is 0.318. The van der Waals surface area contributed by atoms with E-state index in [0.29, 0.717) is 12.4 Å². The Morgan fingerprint density at radius 1 is 1.07 bits per heavy atom. The molecule has 0 aliphatic rings. The Hall–Kier alpha value is -2.84. The summed E-state index contributed by atoms with van der Waals surface area (Å²) in [7, 11) is -3.81. The van der Waals surface area contributed by atoms with E-state index in [1.165, 1.54) is 12.1 Å². The lowest BCUT2D eigenvalue weighted by molar-refractivity contribution is -0.146.